The number of nitrogens with zero attached hydrogens (tertiary/aromatic N) is 3. The predicted octanol–water partition coefficient (Wildman–Crippen LogP) is 1.56. The Morgan fingerprint density at radius 1 is 1.43 bits per heavy atom. The topological polar surface area (TPSA) is 76.5 Å². The summed E-state index contributed by atoms with van der Waals surface area (Å²) in [6.45, 7) is 4.19. The standard InChI is InChI=1S/C8H13N3O3/c1-8(2)13-6-5(10-11-9)3-4-12-7(6)14-8/h5-7H,3-4H2,1-2H3/t5-,6+,7+/m0/s1. The molecular formula is C8H13N3O3. The van der Waals surface area contributed by atoms with Gasteiger partial charge in [0, 0.05) is 4.91 Å². The molecular weight excluding hydrogens is 186 g/mol. The number of rotatable bonds is 1. The van der Waals surface area contributed by atoms with Gasteiger partial charge in [0.05, 0.1) is 12.6 Å². The van der Waals surface area contributed by atoms with E-state index in [-0.39, 0.29) is 12.1 Å². The Balaban J connectivity index is 2.14. The summed E-state index contributed by atoms with van der Waals surface area (Å²) in [5.41, 5.74) is 8.39. The zero-order valence-electron chi connectivity index (χ0n) is 8.21. The zero-order chi connectivity index (χ0) is 10.2. The van der Waals surface area contributed by atoms with Crippen molar-refractivity contribution in [2.24, 2.45) is 5.11 Å². The molecule has 0 aromatic heterocycles. The van der Waals surface area contributed by atoms with Gasteiger partial charge in [-0.3, -0.25) is 0 Å². The Labute approximate surface area is 81.8 Å². The minimum atomic E-state index is -0.650. The minimum absolute atomic E-state index is 0.180. The average molecular weight is 199 g/mol. The molecule has 0 aromatic rings. The first-order valence-corrected chi connectivity index (χ1v) is 4.64. The van der Waals surface area contributed by atoms with Gasteiger partial charge in [-0.2, -0.15) is 0 Å². The summed E-state index contributed by atoms with van der Waals surface area (Å²) in [5.74, 6) is -0.650. The van der Waals surface area contributed by atoms with E-state index >= 15 is 0 Å². The lowest BCUT2D eigenvalue weighted by molar-refractivity contribution is -0.191. The lowest BCUT2D eigenvalue weighted by atomic mass is 10.1. The quantitative estimate of drug-likeness (QED) is 0.365. The third-order valence-corrected chi connectivity index (χ3v) is 2.36. The smallest absolute Gasteiger partial charge is 0.187 e. The first-order chi connectivity index (χ1) is 6.62. The molecule has 0 radical (unpaired) electrons. The van der Waals surface area contributed by atoms with Crippen molar-refractivity contribution in [3.63, 3.8) is 0 Å². The molecule has 3 atom stereocenters. The van der Waals surface area contributed by atoms with Gasteiger partial charge in [-0.1, -0.05) is 5.11 Å². The molecule has 0 amide bonds. The number of fused-ring (bicyclic) bond motifs is 1. The van der Waals surface area contributed by atoms with E-state index in [1.807, 2.05) is 13.8 Å². The molecule has 6 heteroatoms. The van der Waals surface area contributed by atoms with Gasteiger partial charge >= 0.3 is 0 Å². The van der Waals surface area contributed by atoms with Crippen LogP contribution in [0.4, 0.5) is 0 Å². The minimum Gasteiger partial charge on any atom is -0.350 e. The van der Waals surface area contributed by atoms with E-state index < -0.39 is 12.1 Å². The highest BCUT2D eigenvalue weighted by Gasteiger charge is 2.47. The van der Waals surface area contributed by atoms with Crippen LogP contribution >= 0.6 is 0 Å². The van der Waals surface area contributed by atoms with Crippen molar-refractivity contribution >= 4 is 0 Å². The van der Waals surface area contributed by atoms with Gasteiger partial charge in [0.15, 0.2) is 12.1 Å². The molecule has 0 unspecified atom stereocenters. The number of hydrogen-bond acceptors (Lipinski definition) is 4. The molecule has 0 spiro atoms. The molecule has 78 valence electrons. The second kappa shape index (κ2) is 3.40. The maximum absolute atomic E-state index is 8.39. The van der Waals surface area contributed by atoms with Gasteiger partial charge in [0.1, 0.15) is 6.10 Å². The van der Waals surface area contributed by atoms with E-state index in [1.54, 1.807) is 0 Å². The number of ether oxygens (including phenoxy) is 3. The van der Waals surface area contributed by atoms with Crippen LogP contribution in [-0.4, -0.2) is 30.8 Å². The molecule has 2 fully saturated rings. The fraction of sp³-hybridized carbons (Fsp3) is 1.00. The van der Waals surface area contributed by atoms with Crippen LogP contribution in [0, 0.1) is 0 Å². The molecule has 14 heavy (non-hydrogen) atoms. The Kier molecular flexibility index (Phi) is 2.36. The molecule has 2 saturated heterocycles. The SMILES string of the molecule is CC1(C)O[C@H]2OCC[C@H](N=[N+]=[N-])[C@H]2O1. The summed E-state index contributed by atoms with van der Waals surface area (Å²) in [5, 5.41) is 3.69. The monoisotopic (exact) mass is 199 g/mol. The van der Waals surface area contributed by atoms with Crippen LogP contribution in [-0.2, 0) is 14.2 Å². The van der Waals surface area contributed by atoms with Gasteiger partial charge in [0.25, 0.3) is 0 Å². The van der Waals surface area contributed by atoms with E-state index in [4.69, 9.17) is 19.7 Å². The Morgan fingerprint density at radius 2 is 2.21 bits per heavy atom. The molecule has 2 heterocycles. The van der Waals surface area contributed by atoms with Gasteiger partial charge in [0.2, 0.25) is 0 Å². The summed E-state index contributed by atoms with van der Waals surface area (Å²) in [6, 6.07) is -0.180. The van der Waals surface area contributed by atoms with Crippen molar-refractivity contribution in [1.29, 1.82) is 0 Å². The van der Waals surface area contributed by atoms with Gasteiger partial charge in [-0.05, 0) is 25.8 Å². The highest BCUT2D eigenvalue weighted by atomic mass is 16.8. The molecule has 0 saturated carbocycles. The van der Waals surface area contributed by atoms with Gasteiger partial charge < -0.3 is 14.2 Å². The first kappa shape index (κ1) is 9.73. The van der Waals surface area contributed by atoms with E-state index in [1.165, 1.54) is 0 Å². The summed E-state index contributed by atoms with van der Waals surface area (Å²) in [7, 11) is 0. The maximum atomic E-state index is 8.39. The largest absolute Gasteiger partial charge is 0.350 e. The summed E-state index contributed by atoms with van der Waals surface area (Å²) < 4.78 is 16.5. The Bertz CT molecular complexity index is 275. The van der Waals surface area contributed by atoms with E-state index in [0.29, 0.717) is 13.0 Å². The number of hydrogen-bond donors (Lipinski definition) is 0. The van der Waals surface area contributed by atoms with Crippen molar-refractivity contribution in [2.45, 2.75) is 44.5 Å². The molecule has 2 aliphatic heterocycles. The van der Waals surface area contributed by atoms with Gasteiger partial charge in [-0.25, -0.2) is 0 Å². The molecule has 0 aromatic carbocycles. The molecule has 2 rings (SSSR count). The summed E-state index contributed by atoms with van der Waals surface area (Å²) in [6.07, 6.45) is 0.0221. The third kappa shape index (κ3) is 1.69. The average Bonchev–Trinajstić information content (AvgIpc) is 2.41. The zero-order valence-corrected chi connectivity index (χ0v) is 8.21. The Morgan fingerprint density at radius 3 is 2.93 bits per heavy atom. The van der Waals surface area contributed by atoms with E-state index in [9.17, 15) is 0 Å². The fourth-order valence-electron chi connectivity index (χ4n) is 1.81. The molecule has 0 aliphatic carbocycles. The van der Waals surface area contributed by atoms with Crippen molar-refractivity contribution in [3.05, 3.63) is 10.4 Å². The van der Waals surface area contributed by atoms with Crippen molar-refractivity contribution in [3.8, 4) is 0 Å². The Hall–Kier alpha value is -0.810. The van der Waals surface area contributed by atoms with Crippen LogP contribution in [0.5, 0.6) is 0 Å². The van der Waals surface area contributed by atoms with Crippen molar-refractivity contribution < 1.29 is 14.2 Å². The lowest BCUT2D eigenvalue weighted by Crippen LogP contribution is -2.41. The highest BCUT2D eigenvalue weighted by Crippen LogP contribution is 2.35. The highest BCUT2D eigenvalue weighted by molar-refractivity contribution is 4.89. The first-order valence-electron chi connectivity index (χ1n) is 4.64. The molecule has 0 N–H and O–H groups in total. The van der Waals surface area contributed by atoms with Crippen molar-refractivity contribution in [2.75, 3.05) is 6.61 Å². The van der Waals surface area contributed by atoms with Crippen LogP contribution in [0.15, 0.2) is 5.11 Å². The van der Waals surface area contributed by atoms with Crippen molar-refractivity contribution in [1.82, 2.24) is 0 Å². The number of azide groups is 1. The van der Waals surface area contributed by atoms with Crippen LogP contribution < -0.4 is 0 Å². The second-order valence-corrected chi connectivity index (χ2v) is 3.90. The van der Waals surface area contributed by atoms with Crippen LogP contribution in [0.2, 0.25) is 0 Å². The molecule has 6 nitrogen and oxygen atoms in total. The van der Waals surface area contributed by atoms with Crippen LogP contribution in [0.25, 0.3) is 10.4 Å². The van der Waals surface area contributed by atoms with Crippen LogP contribution in [0.3, 0.4) is 0 Å². The van der Waals surface area contributed by atoms with E-state index in [2.05, 4.69) is 10.0 Å². The summed E-state index contributed by atoms with van der Waals surface area (Å²) >= 11 is 0. The maximum Gasteiger partial charge on any atom is 0.187 e. The van der Waals surface area contributed by atoms with Gasteiger partial charge in [-0.15, -0.1) is 0 Å². The predicted molar refractivity (Wildman–Crippen MR) is 47.3 cm³/mol. The third-order valence-electron chi connectivity index (χ3n) is 2.36. The normalized spacial score (nSPS) is 40.0. The molecule has 2 aliphatic rings. The van der Waals surface area contributed by atoms with E-state index in [0.717, 1.165) is 0 Å². The summed E-state index contributed by atoms with van der Waals surface area (Å²) in [4.78, 5) is 2.80. The van der Waals surface area contributed by atoms with Crippen LogP contribution in [0.1, 0.15) is 20.3 Å². The second-order valence-electron chi connectivity index (χ2n) is 3.90. The molecule has 0 bridgehead atoms. The fourth-order valence-corrected chi connectivity index (χ4v) is 1.81. The lowest BCUT2D eigenvalue weighted by Gasteiger charge is -2.27.